The van der Waals surface area contributed by atoms with Gasteiger partial charge in [0.25, 0.3) is 0 Å². The van der Waals surface area contributed by atoms with Gasteiger partial charge in [-0.05, 0) is 88.1 Å². The van der Waals surface area contributed by atoms with Crippen LogP contribution in [0.1, 0.15) is 49.8 Å². The van der Waals surface area contributed by atoms with Crippen molar-refractivity contribution in [1.82, 2.24) is 19.8 Å². The van der Waals surface area contributed by atoms with Crippen molar-refractivity contribution in [1.29, 1.82) is 0 Å². The highest BCUT2D eigenvalue weighted by Crippen LogP contribution is 2.37. The van der Waals surface area contributed by atoms with Gasteiger partial charge in [-0.2, -0.15) is 9.97 Å². The van der Waals surface area contributed by atoms with Crippen LogP contribution < -0.4 is 14.5 Å². The fourth-order valence-corrected chi connectivity index (χ4v) is 8.38. The Hall–Kier alpha value is -3.94. The average molecular weight is 686 g/mol. The molecule has 3 fully saturated rings. The van der Waals surface area contributed by atoms with Crippen LogP contribution in [0.2, 0.25) is 5.02 Å². The van der Waals surface area contributed by atoms with E-state index in [-0.39, 0.29) is 18.5 Å². The van der Waals surface area contributed by atoms with Crippen LogP contribution in [0.15, 0.2) is 48.6 Å². The molecule has 0 radical (unpaired) electrons. The number of halogens is 2. The minimum absolute atomic E-state index is 0.0816. The molecule has 0 N–H and O–H groups in total. The Balaban J connectivity index is 1.14. The first kappa shape index (κ1) is 33.6. The number of hydrogen-bond acceptors (Lipinski definition) is 7. The number of hydrogen-bond donors (Lipinski definition) is 0. The van der Waals surface area contributed by atoms with Crippen molar-refractivity contribution in [3.8, 4) is 6.01 Å². The smallest absolute Gasteiger partial charge is 0.318 e. The van der Waals surface area contributed by atoms with Crippen LogP contribution in [0.3, 0.4) is 0 Å². The minimum atomic E-state index is -0.715. The zero-order valence-corrected chi connectivity index (χ0v) is 29.0. The fourth-order valence-electron chi connectivity index (χ4n) is 8.11. The molecule has 2 saturated heterocycles. The van der Waals surface area contributed by atoms with Gasteiger partial charge in [-0.1, -0.05) is 41.9 Å². The molecule has 0 bridgehead atoms. The van der Waals surface area contributed by atoms with Gasteiger partial charge >= 0.3 is 6.01 Å². The Bertz CT molecular complexity index is 1740. The largest absolute Gasteiger partial charge is 0.462 e. The number of likely N-dealkylation sites (N-methyl/N-ethyl adjacent to an activating group) is 1. The van der Waals surface area contributed by atoms with E-state index in [1.54, 1.807) is 6.08 Å². The maximum atomic E-state index is 13.6. The van der Waals surface area contributed by atoms with E-state index in [1.165, 1.54) is 0 Å². The quantitative estimate of drug-likeness (QED) is 0.192. The Morgan fingerprint density at radius 2 is 1.94 bits per heavy atom. The lowest BCUT2D eigenvalue weighted by atomic mass is 10.0. The fraction of sp³-hybridized carbons (Fsp3) is 0.526. The number of likely N-dealkylation sites (tertiary alicyclic amines) is 1. The number of rotatable bonds is 9. The summed E-state index contributed by atoms with van der Waals surface area (Å²) in [7, 11) is 2.13. The first-order chi connectivity index (χ1) is 23.9. The van der Waals surface area contributed by atoms with E-state index in [0.717, 1.165) is 77.3 Å². The molecular formula is C38H45ClFN7O2. The molecule has 4 aliphatic rings. The highest BCUT2D eigenvalue weighted by Gasteiger charge is 2.35. The number of aromatic nitrogens is 2. The molecular weight excluding hydrogens is 641 g/mol. The molecule has 258 valence electrons. The van der Waals surface area contributed by atoms with E-state index in [0.29, 0.717) is 70.0 Å². The normalized spacial score (nSPS) is 24.5. The highest BCUT2D eigenvalue weighted by molar-refractivity contribution is 6.36. The predicted molar refractivity (Wildman–Crippen MR) is 192 cm³/mol. The topological polar surface area (TPSA) is 69.4 Å². The zero-order chi connectivity index (χ0) is 33.9. The number of alkyl halides is 1. The highest BCUT2D eigenvalue weighted by atomic mass is 35.5. The van der Waals surface area contributed by atoms with Crippen LogP contribution in [-0.2, 0) is 17.8 Å². The number of amides is 1. The van der Waals surface area contributed by atoms with Gasteiger partial charge in [0.2, 0.25) is 12.5 Å². The average Bonchev–Trinajstić information content (AvgIpc) is 3.73. The molecule has 7 rings (SSSR count). The van der Waals surface area contributed by atoms with Gasteiger partial charge in [-0.15, -0.1) is 0 Å². The predicted octanol–water partition coefficient (Wildman–Crippen LogP) is 6.34. The molecule has 11 heteroatoms. The van der Waals surface area contributed by atoms with Crippen molar-refractivity contribution in [2.45, 2.75) is 69.7 Å². The summed E-state index contributed by atoms with van der Waals surface area (Å²) in [6, 6.07) is 12.7. The molecule has 1 aliphatic carbocycles. The van der Waals surface area contributed by atoms with Crippen molar-refractivity contribution in [2.24, 2.45) is 5.92 Å². The summed E-state index contributed by atoms with van der Waals surface area (Å²) in [6.07, 6.45) is 8.59. The number of carbonyl (C=O) groups excluding carboxylic acids is 1. The first-order valence-electron chi connectivity index (χ1n) is 17.7. The zero-order valence-electron chi connectivity index (χ0n) is 28.2. The third kappa shape index (κ3) is 7.34. The van der Waals surface area contributed by atoms with Crippen molar-refractivity contribution in [3.63, 3.8) is 0 Å². The van der Waals surface area contributed by atoms with E-state index < -0.39 is 6.17 Å². The lowest BCUT2D eigenvalue weighted by molar-refractivity contribution is -0.128. The van der Waals surface area contributed by atoms with E-state index in [9.17, 15) is 9.18 Å². The number of benzene rings is 2. The third-order valence-corrected chi connectivity index (χ3v) is 11.2. The molecule has 1 amide bonds. The number of anilines is 2. The summed E-state index contributed by atoms with van der Waals surface area (Å²) in [5.74, 6) is 1.06. The molecule has 4 heterocycles. The number of nitrogens with zero attached hydrogens (tertiary/aromatic N) is 7. The van der Waals surface area contributed by atoms with Crippen LogP contribution >= 0.6 is 11.6 Å². The number of carbonyl (C=O) groups is 1. The standard InChI is InChI=1S/C38H45ClFN7O2/c1-41-22-30-23-46(19-20-47(30)35(48)13-3-7-26-14-15-28(40)21-26)37-31-16-18-45(34-12-5-9-27-8-4-11-32(39)36(27)34)24-33(31)42-38(43-37)49-25-29-10-6-17-44(29)2/h3-5,8-9,11-13,26,28-30H,6-7,10,14-25H2,2H3/b13-3+/t26?,28?,29-,30-/m0/s1. The monoisotopic (exact) mass is 685 g/mol. The molecule has 2 unspecified atom stereocenters. The summed E-state index contributed by atoms with van der Waals surface area (Å²) >= 11 is 6.74. The van der Waals surface area contributed by atoms with Crippen LogP contribution in [0.5, 0.6) is 6.01 Å². The Morgan fingerprint density at radius 1 is 1.08 bits per heavy atom. The summed E-state index contributed by atoms with van der Waals surface area (Å²) in [4.78, 5) is 35.8. The molecule has 2 aromatic carbocycles. The lowest BCUT2D eigenvalue weighted by Gasteiger charge is -2.41. The number of ether oxygens (including phenoxy) is 1. The molecule has 0 spiro atoms. The Morgan fingerprint density at radius 3 is 2.71 bits per heavy atom. The summed E-state index contributed by atoms with van der Waals surface area (Å²) in [5.41, 5.74) is 3.11. The van der Waals surface area contributed by atoms with E-state index in [2.05, 4.69) is 50.9 Å². The molecule has 4 atom stereocenters. The van der Waals surface area contributed by atoms with Gasteiger partial charge in [0.1, 0.15) is 24.6 Å². The Kier molecular flexibility index (Phi) is 10.2. The molecule has 1 aromatic heterocycles. The van der Waals surface area contributed by atoms with Crippen LogP contribution in [0, 0.1) is 12.5 Å². The second-order valence-electron chi connectivity index (χ2n) is 14.0. The van der Waals surface area contributed by atoms with Gasteiger partial charge in [0.05, 0.1) is 17.3 Å². The molecule has 3 aliphatic heterocycles. The van der Waals surface area contributed by atoms with E-state index in [4.69, 9.17) is 32.9 Å². The maximum absolute atomic E-state index is 13.6. The summed E-state index contributed by atoms with van der Waals surface area (Å²) in [6.45, 7) is 12.4. The number of piperazine rings is 1. The Labute approximate surface area is 293 Å². The maximum Gasteiger partial charge on any atom is 0.318 e. The number of fused-ring (bicyclic) bond motifs is 2. The molecule has 3 aromatic rings. The molecule has 1 saturated carbocycles. The van der Waals surface area contributed by atoms with Gasteiger partial charge < -0.3 is 29.2 Å². The van der Waals surface area contributed by atoms with Crippen molar-refractivity contribution >= 4 is 39.8 Å². The second-order valence-corrected chi connectivity index (χ2v) is 14.4. The van der Waals surface area contributed by atoms with Crippen molar-refractivity contribution < 1.29 is 13.9 Å². The van der Waals surface area contributed by atoms with Gasteiger partial charge in [-0.25, -0.2) is 11.0 Å². The number of allylic oxidation sites excluding steroid dienone is 1. The minimum Gasteiger partial charge on any atom is -0.462 e. The van der Waals surface area contributed by atoms with Gasteiger partial charge in [0, 0.05) is 48.9 Å². The van der Waals surface area contributed by atoms with E-state index >= 15 is 0 Å². The second kappa shape index (κ2) is 14.9. The van der Waals surface area contributed by atoms with Crippen LogP contribution in [0.25, 0.3) is 15.6 Å². The van der Waals surface area contributed by atoms with Gasteiger partial charge in [0.15, 0.2) is 0 Å². The lowest BCUT2D eigenvalue weighted by Crippen LogP contribution is -2.56. The van der Waals surface area contributed by atoms with Crippen molar-refractivity contribution in [2.75, 3.05) is 62.7 Å². The summed E-state index contributed by atoms with van der Waals surface area (Å²) < 4.78 is 20.0. The van der Waals surface area contributed by atoms with Crippen LogP contribution in [0.4, 0.5) is 15.9 Å². The van der Waals surface area contributed by atoms with Crippen molar-refractivity contribution in [3.05, 3.63) is 76.2 Å². The molecule has 9 nitrogen and oxygen atoms in total. The molecule has 49 heavy (non-hydrogen) atoms. The van der Waals surface area contributed by atoms with Gasteiger partial charge in [-0.3, -0.25) is 4.79 Å². The summed E-state index contributed by atoms with van der Waals surface area (Å²) in [5, 5.41) is 2.87. The third-order valence-electron chi connectivity index (χ3n) is 10.8. The SMILES string of the molecule is [C-]#[N+]C[C@H]1CN(c2nc(OC[C@@H]3CCCN3C)nc3c2CCN(c2cccc4cccc(Cl)c24)C3)CCN1C(=O)/C=C/CC1CCC(F)C1. The first-order valence-corrected chi connectivity index (χ1v) is 18.1. The van der Waals surface area contributed by atoms with Crippen LogP contribution in [-0.4, -0.2) is 96.9 Å². The van der Waals surface area contributed by atoms with E-state index in [1.807, 2.05) is 23.1 Å².